The van der Waals surface area contributed by atoms with Gasteiger partial charge in [0.25, 0.3) is 0 Å². The molecule has 0 amide bonds. The number of nitrogens with two attached hydrogens (primary N) is 2. The standard InChI is InChI=1S/C12H17ClFN3O2/c1-6-12(18,2-3-19-6)5-17-11-8(16)4-7(15)9(13)10(11)14/h4,6,17-18H,2-3,5,15-16H2,1H3. The van der Waals surface area contributed by atoms with Crippen LogP contribution in [-0.4, -0.2) is 30.0 Å². The highest BCUT2D eigenvalue weighted by Gasteiger charge is 2.39. The van der Waals surface area contributed by atoms with E-state index in [0.29, 0.717) is 13.0 Å². The van der Waals surface area contributed by atoms with Crippen molar-refractivity contribution >= 4 is 28.7 Å². The molecular formula is C12H17ClFN3O2. The zero-order valence-electron chi connectivity index (χ0n) is 10.5. The molecule has 5 nitrogen and oxygen atoms in total. The summed E-state index contributed by atoms with van der Waals surface area (Å²) in [4.78, 5) is 0. The van der Waals surface area contributed by atoms with Crippen molar-refractivity contribution < 1.29 is 14.2 Å². The van der Waals surface area contributed by atoms with Crippen molar-refractivity contribution in [2.75, 3.05) is 29.9 Å². The molecule has 0 saturated carbocycles. The number of hydrogen-bond donors (Lipinski definition) is 4. The minimum absolute atomic E-state index is 0.0479. The summed E-state index contributed by atoms with van der Waals surface area (Å²) in [6, 6.07) is 1.38. The number of hydrogen-bond acceptors (Lipinski definition) is 5. The molecule has 2 rings (SSSR count). The van der Waals surface area contributed by atoms with Crippen LogP contribution in [0.15, 0.2) is 6.07 Å². The first kappa shape index (κ1) is 14.2. The van der Waals surface area contributed by atoms with E-state index in [4.69, 9.17) is 27.8 Å². The fourth-order valence-corrected chi connectivity index (χ4v) is 2.24. The van der Waals surface area contributed by atoms with Crippen molar-refractivity contribution in [2.24, 2.45) is 0 Å². The van der Waals surface area contributed by atoms with Crippen LogP contribution in [0.25, 0.3) is 0 Å². The number of benzene rings is 1. The van der Waals surface area contributed by atoms with E-state index in [9.17, 15) is 9.50 Å². The Hall–Kier alpha value is -1.24. The summed E-state index contributed by atoms with van der Waals surface area (Å²) in [6.07, 6.45) is 0.152. The SMILES string of the molecule is CC1OCCC1(O)CNc1c(N)cc(N)c(Cl)c1F. The summed E-state index contributed by atoms with van der Waals surface area (Å²) in [5.41, 5.74) is 10.4. The minimum atomic E-state index is -1.05. The number of aliphatic hydroxyl groups is 1. The molecule has 0 bridgehead atoms. The summed E-state index contributed by atoms with van der Waals surface area (Å²) in [5.74, 6) is -0.714. The van der Waals surface area contributed by atoms with Gasteiger partial charge in [0.1, 0.15) is 10.6 Å². The average molecular weight is 290 g/mol. The van der Waals surface area contributed by atoms with E-state index in [1.165, 1.54) is 6.07 Å². The lowest BCUT2D eigenvalue weighted by molar-refractivity contribution is -0.0176. The van der Waals surface area contributed by atoms with Gasteiger partial charge in [0.05, 0.1) is 23.2 Å². The highest BCUT2D eigenvalue weighted by atomic mass is 35.5. The average Bonchev–Trinajstić information content (AvgIpc) is 2.67. The lowest BCUT2D eigenvalue weighted by Gasteiger charge is -2.27. The molecule has 1 aromatic rings. The van der Waals surface area contributed by atoms with Crippen LogP contribution < -0.4 is 16.8 Å². The van der Waals surface area contributed by atoms with Crippen molar-refractivity contribution in [3.8, 4) is 0 Å². The first-order chi connectivity index (χ1) is 8.85. The molecular weight excluding hydrogens is 273 g/mol. The quantitative estimate of drug-likeness (QED) is 0.634. The van der Waals surface area contributed by atoms with Gasteiger partial charge in [-0.25, -0.2) is 4.39 Å². The predicted octanol–water partition coefficient (Wildman–Crippen LogP) is 1.60. The molecule has 19 heavy (non-hydrogen) atoms. The summed E-state index contributed by atoms with van der Waals surface area (Å²) < 4.78 is 19.3. The van der Waals surface area contributed by atoms with Crippen molar-refractivity contribution in [2.45, 2.75) is 25.0 Å². The zero-order valence-corrected chi connectivity index (χ0v) is 11.3. The van der Waals surface area contributed by atoms with E-state index >= 15 is 0 Å². The second-order valence-corrected chi connectivity index (χ2v) is 5.16. The summed E-state index contributed by atoms with van der Waals surface area (Å²) in [5, 5.41) is 12.9. The van der Waals surface area contributed by atoms with Crippen molar-refractivity contribution in [3.63, 3.8) is 0 Å². The second kappa shape index (κ2) is 5.03. The molecule has 1 heterocycles. The molecule has 7 heteroatoms. The van der Waals surface area contributed by atoms with Gasteiger partial charge in [0.2, 0.25) is 0 Å². The highest BCUT2D eigenvalue weighted by molar-refractivity contribution is 6.33. The molecule has 1 saturated heterocycles. The molecule has 2 unspecified atom stereocenters. The number of nitrogens with one attached hydrogen (secondary N) is 1. The third kappa shape index (κ3) is 2.56. The van der Waals surface area contributed by atoms with E-state index in [0.717, 1.165) is 0 Å². The number of ether oxygens (including phenoxy) is 1. The van der Waals surface area contributed by atoms with E-state index in [-0.39, 0.29) is 34.7 Å². The van der Waals surface area contributed by atoms with Crippen LogP contribution in [0.5, 0.6) is 0 Å². The first-order valence-electron chi connectivity index (χ1n) is 5.96. The van der Waals surface area contributed by atoms with E-state index < -0.39 is 11.4 Å². The molecule has 0 spiro atoms. The van der Waals surface area contributed by atoms with Gasteiger partial charge < -0.3 is 26.6 Å². The molecule has 1 aromatic carbocycles. The summed E-state index contributed by atoms with van der Waals surface area (Å²) >= 11 is 5.73. The Morgan fingerprint density at radius 1 is 1.58 bits per heavy atom. The number of halogens is 2. The Morgan fingerprint density at radius 2 is 2.26 bits per heavy atom. The number of nitrogen functional groups attached to an aromatic ring is 2. The summed E-state index contributed by atoms with van der Waals surface area (Å²) in [6.45, 7) is 2.36. The molecule has 2 atom stereocenters. The third-order valence-corrected chi connectivity index (χ3v) is 3.88. The van der Waals surface area contributed by atoms with Crippen LogP contribution in [0.4, 0.5) is 21.5 Å². The van der Waals surface area contributed by atoms with Gasteiger partial charge >= 0.3 is 0 Å². The predicted molar refractivity (Wildman–Crippen MR) is 73.7 cm³/mol. The second-order valence-electron chi connectivity index (χ2n) is 4.78. The topological polar surface area (TPSA) is 93.5 Å². The third-order valence-electron chi connectivity index (χ3n) is 3.50. The first-order valence-corrected chi connectivity index (χ1v) is 6.34. The Labute approximate surface area is 115 Å². The largest absolute Gasteiger partial charge is 0.397 e. The van der Waals surface area contributed by atoms with Crippen LogP contribution in [0, 0.1) is 5.82 Å². The smallest absolute Gasteiger partial charge is 0.169 e. The maximum atomic E-state index is 14.0. The molecule has 0 radical (unpaired) electrons. The molecule has 0 aliphatic carbocycles. The van der Waals surface area contributed by atoms with E-state index in [1.807, 2.05) is 0 Å². The van der Waals surface area contributed by atoms with Crippen molar-refractivity contribution in [1.29, 1.82) is 0 Å². The van der Waals surface area contributed by atoms with Gasteiger partial charge in [0, 0.05) is 19.6 Å². The van der Waals surface area contributed by atoms with Crippen LogP contribution in [-0.2, 0) is 4.74 Å². The fraction of sp³-hybridized carbons (Fsp3) is 0.500. The van der Waals surface area contributed by atoms with E-state index in [2.05, 4.69) is 5.32 Å². The molecule has 6 N–H and O–H groups in total. The molecule has 0 aromatic heterocycles. The van der Waals surface area contributed by atoms with Gasteiger partial charge in [-0.1, -0.05) is 11.6 Å². The van der Waals surface area contributed by atoms with Gasteiger partial charge in [-0.3, -0.25) is 0 Å². The lowest BCUT2D eigenvalue weighted by Crippen LogP contribution is -2.43. The Balaban J connectivity index is 2.18. The maximum absolute atomic E-state index is 14.0. The van der Waals surface area contributed by atoms with Crippen LogP contribution >= 0.6 is 11.6 Å². The normalized spacial score (nSPS) is 26.6. The lowest BCUT2D eigenvalue weighted by atomic mass is 9.96. The van der Waals surface area contributed by atoms with Gasteiger partial charge in [-0.2, -0.15) is 0 Å². The Kier molecular flexibility index (Phi) is 3.75. The number of anilines is 3. The van der Waals surface area contributed by atoms with Crippen LogP contribution in [0.2, 0.25) is 5.02 Å². The minimum Gasteiger partial charge on any atom is -0.397 e. The van der Waals surface area contributed by atoms with Gasteiger partial charge in [0.15, 0.2) is 5.82 Å². The summed E-state index contributed by atoms with van der Waals surface area (Å²) in [7, 11) is 0. The maximum Gasteiger partial charge on any atom is 0.169 e. The van der Waals surface area contributed by atoms with Gasteiger partial charge in [-0.15, -0.1) is 0 Å². The Bertz CT molecular complexity index is 500. The number of rotatable bonds is 3. The highest BCUT2D eigenvalue weighted by Crippen LogP contribution is 2.35. The van der Waals surface area contributed by atoms with E-state index in [1.54, 1.807) is 6.92 Å². The van der Waals surface area contributed by atoms with Crippen LogP contribution in [0.3, 0.4) is 0 Å². The molecule has 106 valence electrons. The van der Waals surface area contributed by atoms with Crippen molar-refractivity contribution in [1.82, 2.24) is 0 Å². The fourth-order valence-electron chi connectivity index (χ4n) is 2.09. The van der Waals surface area contributed by atoms with Gasteiger partial charge in [-0.05, 0) is 13.0 Å². The van der Waals surface area contributed by atoms with Crippen molar-refractivity contribution in [3.05, 3.63) is 16.9 Å². The molecule has 1 aliphatic rings. The Morgan fingerprint density at radius 3 is 2.84 bits per heavy atom. The monoisotopic (exact) mass is 289 g/mol. The molecule has 1 fully saturated rings. The van der Waals surface area contributed by atoms with Crippen LogP contribution in [0.1, 0.15) is 13.3 Å². The molecule has 1 aliphatic heterocycles. The zero-order chi connectivity index (χ0) is 14.2.